The van der Waals surface area contributed by atoms with Crippen molar-refractivity contribution in [1.82, 2.24) is 9.36 Å². The maximum Gasteiger partial charge on any atom is 0.202 e. The number of ether oxygens (including phenoxy) is 1. The molecular weight excluding hydrogens is 262 g/mol. The van der Waals surface area contributed by atoms with E-state index in [1.165, 1.54) is 30.8 Å². The van der Waals surface area contributed by atoms with Crippen LogP contribution >= 0.6 is 11.5 Å². The molecule has 1 aromatic heterocycles. The lowest BCUT2D eigenvalue weighted by atomic mass is 9.83. The Morgan fingerprint density at radius 3 is 3.05 bits per heavy atom. The van der Waals surface area contributed by atoms with E-state index in [9.17, 15) is 5.11 Å². The summed E-state index contributed by atoms with van der Waals surface area (Å²) in [5.41, 5.74) is 0. The fraction of sp³-hybridized carbons (Fsp3) is 0.846. The number of hydrogen-bond acceptors (Lipinski definition) is 6. The highest BCUT2D eigenvalue weighted by Crippen LogP contribution is 2.27. The monoisotopic (exact) mass is 285 g/mol. The van der Waals surface area contributed by atoms with Crippen molar-refractivity contribution < 1.29 is 9.84 Å². The van der Waals surface area contributed by atoms with Crippen molar-refractivity contribution in [2.75, 3.05) is 19.0 Å². The van der Waals surface area contributed by atoms with Crippen LogP contribution in [0.4, 0.5) is 5.13 Å². The van der Waals surface area contributed by atoms with Crippen LogP contribution in [0.2, 0.25) is 0 Å². The van der Waals surface area contributed by atoms with Crippen molar-refractivity contribution in [3.8, 4) is 0 Å². The van der Waals surface area contributed by atoms with Gasteiger partial charge in [0.25, 0.3) is 0 Å². The Morgan fingerprint density at radius 1 is 1.42 bits per heavy atom. The highest BCUT2D eigenvalue weighted by atomic mass is 32.1. The summed E-state index contributed by atoms with van der Waals surface area (Å²) in [5.74, 6) is 1.23. The molecule has 1 heterocycles. The summed E-state index contributed by atoms with van der Waals surface area (Å²) in [6.07, 6.45) is 6.70. The van der Waals surface area contributed by atoms with Gasteiger partial charge in [0.1, 0.15) is 6.61 Å². The Hall–Kier alpha value is -0.720. The Bertz CT molecular complexity index is 373. The Morgan fingerprint density at radius 2 is 2.26 bits per heavy atom. The zero-order chi connectivity index (χ0) is 13.5. The van der Waals surface area contributed by atoms with Gasteiger partial charge < -0.3 is 15.2 Å². The third-order valence-electron chi connectivity index (χ3n) is 3.64. The van der Waals surface area contributed by atoms with Gasteiger partial charge in [-0.2, -0.15) is 4.37 Å². The van der Waals surface area contributed by atoms with Crippen LogP contribution in [-0.2, 0) is 11.3 Å². The first-order chi connectivity index (χ1) is 9.29. The van der Waals surface area contributed by atoms with Gasteiger partial charge in [0, 0.05) is 25.2 Å². The van der Waals surface area contributed by atoms with Gasteiger partial charge in [0.15, 0.2) is 5.82 Å². The molecule has 1 aliphatic rings. The molecule has 0 spiro atoms. The first-order valence-electron chi connectivity index (χ1n) is 7.03. The van der Waals surface area contributed by atoms with Gasteiger partial charge in [-0.05, 0) is 31.6 Å². The summed E-state index contributed by atoms with van der Waals surface area (Å²) in [4.78, 5) is 4.32. The van der Waals surface area contributed by atoms with Gasteiger partial charge in [-0.1, -0.05) is 12.8 Å². The SMILES string of the molecule is COCc1nsc(NCCCC2CCCCC2O)n1. The van der Waals surface area contributed by atoms with Crippen LogP contribution in [0.15, 0.2) is 0 Å². The number of nitrogens with zero attached hydrogens (tertiary/aromatic N) is 2. The van der Waals surface area contributed by atoms with E-state index in [0.717, 1.165) is 36.8 Å². The minimum atomic E-state index is -0.0800. The fourth-order valence-electron chi connectivity index (χ4n) is 2.60. The van der Waals surface area contributed by atoms with E-state index in [1.54, 1.807) is 7.11 Å². The van der Waals surface area contributed by atoms with E-state index in [-0.39, 0.29) is 6.10 Å². The van der Waals surface area contributed by atoms with Gasteiger partial charge in [-0.3, -0.25) is 0 Å². The van der Waals surface area contributed by atoms with Crippen molar-refractivity contribution >= 4 is 16.7 Å². The summed E-state index contributed by atoms with van der Waals surface area (Å²) in [7, 11) is 1.64. The molecule has 6 heteroatoms. The largest absolute Gasteiger partial charge is 0.393 e. The first-order valence-corrected chi connectivity index (χ1v) is 7.80. The van der Waals surface area contributed by atoms with E-state index >= 15 is 0 Å². The summed E-state index contributed by atoms with van der Waals surface area (Å²) in [5, 5.41) is 14.0. The molecule has 2 atom stereocenters. The first kappa shape index (κ1) is 14.7. The molecule has 0 aliphatic heterocycles. The van der Waals surface area contributed by atoms with Gasteiger partial charge >= 0.3 is 0 Å². The molecule has 108 valence electrons. The van der Waals surface area contributed by atoms with E-state index in [2.05, 4.69) is 14.7 Å². The zero-order valence-corrected chi connectivity index (χ0v) is 12.3. The number of hydrogen-bond donors (Lipinski definition) is 2. The molecule has 1 fully saturated rings. The topological polar surface area (TPSA) is 67.3 Å². The quantitative estimate of drug-likeness (QED) is 0.753. The second-order valence-corrected chi connectivity index (χ2v) is 5.88. The van der Waals surface area contributed by atoms with Gasteiger partial charge in [-0.15, -0.1) is 0 Å². The molecule has 1 aliphatic carbocycles. The van der Waals surface area contributed by atoms with E-state index in [0.29, 0.717) is 12.5 Å². The third-order valence-corrected chi connectivity index (χ3v) is 4.35. The molecule has 0 radical (unpaired) electrons. The molecule has 19 heavy (non-hydrogen) atoms. The molecular formula is C13H23N3O2S. The van der Waals surface area contributed by atoms with Crippen LogP contribution in [0.3, 0.4) is 0 Å². The predicted molar refractivity (Wildman–Crippen MR) is 76.3 cm³/mol. The minimum absolute atomic E-state index is 0.0800. The number of methoxy groups -OCH3 is 1. The lowest BCUT2D eigenvalue weighted by Gasteiger charge is -2.27. The Labute approximate surface area is 118 Å². The van der Waals surface area contributed by atoms with Crippen LogP contribution in [0.1, 0.15) is 44.3 Å². The summed E-state index contributed by atoms with van der Waals surface area (Å²) in [6, 6.07) is 0. The number of aromatic nitrogens is 2. The van der Waals surface area contributed by atoms with Gasteiger partial charge in [-0.25, -0.2) is 4.98 Å². The van der Waals surface area contributed by atoms with Gasteiger partial charge in [0.05, 0.1) is 6.10 Å². The summed E-state index contributed by atoms with van der Waals surface area (Å²) in [6.45, 7) is 1.36. The summed E-state index contributed by atoms with van der Waals surface area (Å²) >= 11 is 1.37. The second-order valence-electron chi connectivity index (χ2n) is 5.13. The van der Waals surface area contributed by atoms with Crippen LogP contribution in [0, 0.1) is 5.92 Å². The Kier molecular flexibility index (Phi) is 6.00. The normalized spacial score (nSPS) is 23.5. The third kappa shape index (κ3) is 4.71. The Balaban J connectivity index is 1.62. The maximum atomic E-state index is 9.89. The molecule has 5 nitrogen and oxygen atoms in total. The molecule has 2 rings (SSSR count). The van der Waals surface area contributed by atoms with Crippen molar-refractivity contribution in [1.29, 1.82) is 0 Å². The number of anilines is 1. The number of nitrogens with one attached hydrogen (secondary N) is 1. The molecule has 1 aromatic rings. The van der Waals surface area contributed by atoms with Crippen molar-refractivity contribution in [3.63, 3.8) is 0 Å². The van der Waals surface area contributed by atoms with Crippen LogP contribution in [0.5, 0.6) is 0 Å². The van der Waals surface area contributed by atoms with E-state index in [4.69, 9.17) is 4.74 Å². The van der Waals surface area contributed by atoms with Crippen molar-refractivity contribution in [2.45, 2.75) is 51.2 Å². The number of aliphatic hydroxyl groups is 1. The molecule has 2 unspecified atom stereocenters. The average molecular weight is 285 g/mol. The van der Waals surface area contributed by atoms with Crippen LogP contribution in [-0.4, -0.2) is 34.2 Å². The predicted octanol–water partition coefficient (Wildman–Crippen LogP) is 2.43. The smallest absolute Gasteiger partial charge is 0.202 e. The van der Waals surface area contributed by atoms with E-state index < -0.39 is 0 Å². The van der Waals surface area contributed by atoms with E-state index in [1.807, 2.05) is 0 Å². The molecule has 0 aromatic carbocycles. The highest BCUT2D eigenvalue weighted by Gasteiger charge is 2.22. The number of aliphatic hydroxyl groups excluding tert-OH is 1. The lowest BCUT2D eigenvalue weighted by Crippen LogP contribution is -2.24. The van der Waals surface area contributed by atoms with Crippen LogP contribution in [0.25, 0.3) is 0 Å². The standard InChI is InChI=1S/C13H23N3O2S/c1-18-9-12-15-13(19-16-12)14-8-4-6-10-5-2-3-7-11(10)17/h10-11,17H,2-9H2,1H3,(H,14,15,16). The molecule has 0 saturated heterocycles. The van der Waals surface area contributed by atoms with Crippen LogP contribution < -0.4 is 5.32 Å². The molecule has 2 N–H and O–H groups in total. The second kappa shape index (κ2) is 7.77. The molecule has 0 bridgehead atoms. The lowest BCUT2D eigenvalue weighted by molar-refractivity contribution is 0.0648. The van der Waals surface area contributed by atoms with Gasteiger partial charge in [0.2, 0.25) is 5.13 Å². The molecule has 1 saturated carbocycles. The highest BCUT2D eigenvalue weighted by molar-refractivity contribution is 7.09. The fourth-order valence-corrected chi connectivity index (χ4v) is 3.20. The summed E-state index contributed by atoms with van der Waals surface area (Å²) < 4.78 is 9.17. The maximum absolute atomic E-state index is 9.89. The molecule has 0 amide bonds. The van der Waals surface area contributed by atoms with Crippen molar-refractivity contribution in [2.24, 2.45) is 5.92 Å². The zero-order valence-electron chi connectivity index (χ0n) is 11.5. The number of rotatable bonds is 7. The van der Waals surface area contributed by atoms with Crippen molar-refractivity contribution in [3.05, 3.63) is 5.82 Å². The average Bonchev–Trinajstić information content (AvgIpc) is 2.85. The minimum Gasteiger partial charge on any atom is -0.393 e.